The van der Waals surface area contributed by atoms with Crippen molar-refractivity contribution in [3.63, 3.8) is 0 Å². The average Bonchev–Trinajstić information content (AvgIpc) is 2.93. The highest BCUT2D eigenvalue weighted by molar-refractivity contribution is 8.04. The van der Waals surface area contributed by atoms with Gasteiger partial charge in [0.1, 0.15) is 11.0 Å². The van der Waals surface area contributed by atoms with E-state index in [1.54, 1.807) is 12.1 Å². The molecule has 0 aromatic heterocycles. The van der Waals surface area contributed by atoms with Gasteiger partial charge in [-0.15, -0.1) is 0 Å². The van der Waals surface area contributed by atoms with Crippen molar-refractivity contribution in [1.29, 1.82) is 5.26 Å². The van der Waals surface area contributed by atoms with Crippen LogP contribution >= 0.6 is 11.8 Å². The van der Waals surface area contributed by atoms with E-state index in [1.807, 2.05) is 13.8 Å². The van der Waals surface area contributed by atoms with Crippen molar-refractivity contribution in [3.05, 3.63) is 40.4 Å². The van der Waals surface area contributed by atoms with Gasteiger partial charge < -0.3 is 15.7 Å². The van der Waals surface area contributed by atoms with Gasteiger partial charge in [-0.2, -0.15) is 5.26 Å². The second-order valence-electron chi connectivity index (χ2n) is 5.46. The summed E-state index contributed by atoms with van der Waals surface area (Å²) in [5.41, 5.74) is 6.89. The molecule has 0 spiro atoms. The van der Waals surface area contributed by atoms with E-state index in [9.17, 15) is 20.0 Å². The van der Waals surface area contributed by atoms with Crippen LogP contribution in [-0.4, -0.2) is 40.3 Å². The molecule has 3 amide bonds. The van der Waals surface area contributed by atoms with E-state index in [4.69, 9.17) is 5.73 Å². The summed E-state index contributed by atoms with van der Waals surface area (Å²) in [6.07, 6.45) is 0. The van der Waals surface area contributed by atoms with Gasteiger partial charge >= 0.3 is 6.03 Å². The van der Waals surface area contributed by atoms with Crippen molar-refractivity contribution >= 4 is 23.7 Å². The number of hydrogen-bond acceptors (Lipinski definition) is 6. The molecule has 0 radical (unpaired) electrons. The third kappa shape index (κ3) is 3.88. The Morgan fingerprint density at radius 3 is 2.44 bits per heavy atom. The number of amides is 3. The van der Waals surface area contributed by atoms with Gasteiger partial charge in [0.05, 0.1) is 16.7 Å². The van der Waals surface area contributed by atoms with Gasteiger partial charge in [0.25, 0.3) is 0 Å². The number of nitrogens with one attached hydrogen (secondary N) is 1. The summed E-state index contributed by atoms with van der Waals surface area (Å²) in [5, 5.41) is 20.8. The lowest BCUT2D eigenvalue weighted by Crippen LogP contribution is -2.46. The van der Waals surface area contributed by atoms with Crippen LogP contribution in [0.25, 0.3) is 0 Å². The number of phenolic OH excluding ortho intramolecular Hbond substituents is 1. The quantitative estimate of drug-likeness (QED) is 0.754. The molecule has 2 rings (SSSR count). The van der Waals surface area contributed by atoms with E-state index in [1.165, 1.54) is 17.0 Å². The Labute approximate surface area is 150 Å². The van der Waals surface area contributed by atoms with Crippen LogP contribution in [0.15, 0.2) is 34.9 Å². The Balaban J connectivity index is 2.27. The highest BCUT2D eigenvalue weighted by atomic mass is 32.2. The summed E-state index contributed by atoms with van der Waals surface area (Å²) in [4.78, 5) is 26.3. The summed E-state index contributed by atoms with van der Waals surface area (Å²) >= 11 is 1.07. The number of urea groups is 1. The first-order valence-electron chi connectivity index (χ1n) is 7.87. The molecule has 1 aromatic carbocycles. The molecule has 0 aliphatic carbocycles. The molecular weight excluding hydrogens is 340 g/mol. The number of benzene rings is 1. The van der Waals surface area contributed by atoms with Crippen LogP contribution in [0.5, 0.6) is 5.75 Å². The highest BCUT2D eigenvalue weighted by Crippen LogP contribution is 2.45. The van der Waals surface area contributed by atoms with Gasteiger partial charge in [0.15, 0.2) is 0 Å². The average molecular weight is 360 g/mol. The van der Waals surface area contributed by atoms with E-state index < -0.39 is 23.1 Å². The Morgan fingerprint density at radius 2 is 1.92 bits per heavy atom. The lowest BCUT2D eigenvalue weighted by molar-refractivity contribution is -0.119. The summed E-state index contributed by atoms with van der Waals surface area (Å²) in [6, 6.07) is 7.84. The minimum atomic E-state index is -0.723. The smallest absolute Gasteiger partial charge is 0.324 e. The molecule has 4 N–H and O–H groups in total. The maximum absolute atomic E-state index is 12.6. The SMILES string of the molecule is CCN(CC)C(=O)NC(=O)C1SC(N)=C(C#N)C1c1ccc(O)cc1. The monoisotopic (exact) mass is 360 g/mol. The number of imide groups is 1. The third-order valence-electron chi connectivity index (χ3n) is 4.05. The predicted octanol–water partition coefficient (Wildman–Crippen LogP) is 1.86. The van der Waals surface area contributed by atoms with Crippen LogP contribution in [0.1, 0.15) is 25.3 Å². The molecule has 2 unspecified atom stereocenters. The van der Waals surface area contributed by atoms with Crippen LogP contribution in [0.3, 0.4) is 0 Å². The van der Waals surface area contributed by atoms with Crippen LogP contribution < -0.4 is 11.1 Å². The Kier molecular flexibility index (Phi) is 5.93. The summed E-state index contributed by atoms with van der Waals surface area (Å²) < 4.78 is 0. The first-order chi connectivity index (χ1) is 11.9. The van der Waals surface area contributed by atoms with E-state index in [2.05, 4.69) is 11.4 Å². The van der Waals surface area contributed by atoms with Crippen LogP contribution in [-0.2, 0) is 4.79 Å². The van der Waals surface area contributed by atoms with Crippen LogP contribution in [0.4, 0.5) is 4.79 Å². The van der Waals surface area contributed by atoms with Gasteiger partial charge in [-0.05, 0) is 31.5 Å². The molecule has 2 atom stereocenters. The van der Waals surface area contributed by atoms with E-state index in [-0.39, 0.29) is 10.8 Å². The molecule has 7 nitrogen and oxygen atoms in total. The fourth-order valence-electron chi connectivity index (χ4n) is 2.69. The Hall–Kier alpha value is -2.66. The first kappa shape index (κ1) is 18.7. The highest BCUT2D eigenvalue weighted by Gasteiger charge is 2.41. The van der Waals surface area contributed by atoms with E-state index in [0.717, 1.165) is 11.8 Å². The Morgan fingerprint density at radius 1 is 1.32 bits per heavy atom. The molecule has 25 heavy (non-hydrogen) atoms. The van der Waals surface area contributed by atoms with Crippen molar-refractivity contribution < 1.29 is 14.7 Å². The molecule has 0 saturated carbocycles. The molecule has 1 aliphatic rings. The standard InChI is InChI=1S/C17H20N4O3S/c1-3-21(4-2)17(24)20-16(23)14-13(12(9-18)15(19)25-14)10-5-7-11(22)8-6-10/h5-8,13-14,22H,3-4,19H2,1-2H3,(H,20,23,24). The van der Waals surface area contributed by atoms with Crippen molar-refractivity contribution in [2.24, 2.45) is 5.73 Å². The number of allylic oxidation sites excluding steroid dienone is 1. The number of rotatable bonds is 4. The number of phenols is 1. The first-order valence-corrected chi connectivity index (χ1v) is 8.75. The molecular formula is C17H20N4O3S. The van der Waals surface area contributed by atoms with Crippen molar-refractivity contribution in [2.75, 3.05) is 13.1 Å². The lowest BCUT2D eigenvalue weighted by atomic mass is 9.88. The zero-order valence-electron chi connectivity index (χ0n) is 14.0. The molecule has 0 bridgehead atoms. The van der Waals surface area contributed by atoms with Crippen LogP contribution in [0.2, 0.25) is 0 Å². The number of aromatic hydroxyl groups is 1. The minimum Gasteiger partial charge on any atom is -0.508 e. The molecule has 0 fully saturated rings. The second kappa shape index (κ2) is 7.94. The minimum absolute atomic E-state index is 0.0857. The molecule has 0 saturated heterocycles. The van der Waals surface area contributed by atoms with Crippen LogP contribution in [0, 0.1) is 11.3 Å². The molecule has 8 heteroatoms. The number of thioether (sulfide) groups is 1. The third-order valence-corrected chi connectivity index (χ3v) is 5.26. The number of nitrogens with two attached hydrogens (primary N) is 1. The molecule has 1 aliphatic heterocycles. The normalized spacial score (nSPS) is 19.4. The number of nitrogens with zero attached hydrogens (tertiary/aromatic N) is 2. The summed E-state index contributed by atoms with van der Waals surface area (Å²) in [6.45, 7) is 4.62. The zero-order valence-corrected chi connectivity index (χ0v) is 14.8. The maximum Gasteiger partial charge on any atom is 0.324 e. The van der Waals surface area contributed by atoms with E-state index in [0.29, 0.717) is 24.2 Å². The van der Waals surface area contributed by atoms with Crippen molar-refractivity contribution in [2.45, 2.75) is 25.0 Å². The van der Waals surface area contributed by atoms with Gasteiger partial charge in [0, 0.05) is 19.0 Å². The lowest BCUT2D eigenvalue weighted by Gasteiger charge is -2.22. The largest absolute Gasteiger partial charge is 0.508 e. The molecule has 1 heterocycles. The maximum atomic E-state index is 12.6. The number of nitriles is 1. The number of carbonyl (C=O) groups is 2. The van der Waals surface area contributed by atoms with Crippen molar-refractivity contribution in [1.82, 2.24) is 10.2 Å². The fraction of sp³-hybridized carbons (Fsp3) is 0.353. The summed E-state index contributed by atoms with van der Waals surface area (Å²) in [5.74, 6) is -0.976. The second-order valence-corrected chi connectivity index (χ2v) is 6.65. The summed E-state index contributed by atoms with van der Waals surface area (Å²) in [7, 11) is 0. The predicted molar refractivity (Wildman–Crippen MR) is 95.5 cm³/mol. The van der Waals surface area contributed by atoms with Gasteiger partial charge in [-0.3, -0.25) is 10.1 Å². The van der Waals surface area contributed by atoms with Gasteiger partial charge in [0.2, 0.25) is 5.91 Å². The number of carbonyl (C=O) groups excluding carboxylic acids is 2. The molecule has 132 valence electrons. The van der Waals surface area contributed by atoms with E-state index >= 15 is 0 Å². The van der Waals surface area contributed by atoms with Gasteiger partial charge in [-0.25, -0.2) is 4.79 Å². The fourth-order valence-corrected chi connectivity index (χ4v) is 3.86. The molecule has 1 aromatic rings. The Bertz CT molecular complexity index is 735. The topological polar surface area (TPSA) is 119 Å². The van der Waals surface area contributed by atoms with Crippen molar-refractivity contribution in [3.8, 4) is 11.8 Å². The zero-order chi connectivity index (χ0) is 18.6. The van der Waals surface area contributed by atoms with Gasteiger partial charge in [-0.1, -0.05) is 23.9 Å². The number of hydrogen-bond donors (Lipinski definition) is 3.